The van der Waals surface area contributed by atoms with Gasteiger partial charge in [0.25, 0.3) is 0 Å². The van der Waals surface area contributed by atoms with Crippen molar-refractivity contribution < 1.29 is 28.7 Å². The summed E-state index contributed by atoms with van der Waals surface area (Å²) in [5.74, 6) is -1.68. The van der Waals surface area contributed by atoms with Crippen LogP contribution >= 0.6 is 0 Å². The lowest BCUT2D eigenvalue weighted by Crippen LogP contribution is -2.22. The monoisotopic (exact) mass is 443 g/mol. The number of cyclic esters (lactones) is 1. The van der Waals surface area contributed by atoms with Gasteiger partial charge in [-0.1, -0.05) is 30.3 Å². The van der Waals surface area contributed by atoms with Gasteiger partial charge in [0.15, 0.2) is 12.4 Å². The average Bonchev–Trinajstić information content (AvgIpc) is 2.82. The van der Waals surface area contributed by atoms with E-state index in [4.69, 9.17) is 9.47 Å². The van der Waals surface area contributed by atoms with Crippen LogP contribution in [0.5, 0.6) is 0 Å². The van der Waals surface area contributed by atoms with Gasteiger partial charge in [0.2, 0.25) is 5.91 Å². The summed E-state index contributed by atoms with van der Waals surface area (Å²) in [5.41, 5.74) is 3.15. The first-order valence-electron chi connectivity index (χ1n) is 10.4. The molecular weight excluding hydrogens is 422 g/mol. The zero-order valence-electron chi connectivity index (χ0n) is 17.9. The maximum absolute atomic E-state index is 12.5. The number of amides is 1. The van der Waals surface area contributed by atoms with E-state index in [1.54, 1.807) is 30.3 Å². The van der Waals surface area contributed by atoms with Crippen molar-refractivity contribution in [2.75, 3.05) is 11.9 Å². The van der Waals surface area contributed by atoms with Crippen molar-refractivity contribution in [3.05, 3.63) is 101 Å². The third kappa shape index (κ3) is 5.15. The second kappa shape index (κ2) is 9.48. The van der Waals surface area contributed by atoms with E-state index in [1.165, 1.54) is 19.1 Å². The number of esters is 2. The smallest absolute Gasteiger partial charge is 0.339 e. The summed E-state index contributed by atoms with van der Waals surface area (Å²) in [6.07, 6.45) is 0.00529. The lowest BCUT2D eigenvalue weighted by atomic mass is 9.93. The highest BCUT2D eigenvalue weighted by Crippen LogP contribution is 2.31. The molecule has 7 nitrogen and oxygen atoms in total. The second-order valence-corrected chi connectivity index (χ2v) is 7.64. The van der Waals surface area contributed by atoms with Gasteiger partial charge in [-0.05, 0) is 53.6 Å². The Morgan fingerprint density at radius 3 is 2.36 bits per heavy atom. The highest BCUT2D eigenvalue weighted by molar-refractivity contribution is 6.00. The van der Waals surface area contributed by atoms with Gasteiger partial charge in [0.1, 0.15) is 6.10 Å². The van der Waals surface area contributed by atoms with Crippen molar-refractivity contribution >= 4 is 29.3 Å². The molecule has 0 radical (unpaired) electrons. The molecule has 4 rings (SSSR count). The third-order valence-electron chi connectivity index (χ3n) is 5.25. The Hall–Kier alpha value is -4.26. The molecule has 0 bridgehead atoms. The summed E-state index contributed by atoms with van der Waals surface area (Å²) in [7, 11) is 0. The van der Waals surface area contributed by atoms with Crippen molar-refractivity contribution in [3.63, 3.8) is 0 Å². The highest BCUT2D eigenvalue weighted by Gasteiger charge is 2.28. The van der Waals surface area contributed by atoms with Crippen LogP contribution in [0.1, 0.15) is 55.2 Å². The minimum atomic E-state index is -0.656. The van der Waals surface area contributed by atoms with E-state index in [9.17, 15) is 19.2 Å². The predicted octanol–water partition coefficient (Wildman–Crippen LogP) is 4.14. The van der Waals surface area contributed by atoms with E-state index in [2.05, 4.69) is 5.32 Å². The molecule has 3 aromatic rings. The van der Waals surface area contributed by atoms with Crippen LogP contribution in [0, 0.1) is 0 Å². The van der Waals surface area contributed by atoms with Crippen LogP contribution in [0.2, 0.25) is 0 Å². The summed E-state index contributed by atoms with van der Waals surface area (Å²) in [6.45, 7) is 0.966. The first-order chi connectivity index (χ1) is 15.9. The van der Waals surface area contributed by atoms with Gasteiger partial charge >= 0.3 is 11.9 Å². The molecular formula is C26H21NO6. The summed E-state index contributed by atoms with van der Waals surface area (Å²) in [4.78, 5) is 48.4. The van der Waals surface area contributed by atoms with Gasteiger partial charge in [0, 0.05) is 24.6 Å². The lowest BCUT2D eigenvalue weighted by molar-refractivity contribution is -0.114. The van der Waals surface area contributed by atoms with Crippen LogP contribution in [-0.4, -0.2) is 30.2 Å². The molecule has 0 spiro atoms. The first-order valence-corrected chi connectivity index (χ1v) is 10.4. The number of anilines is 1. The number of ether oxygens (including phenoxy) is 2. The van der Waals surface area contributed by atoms with Crippen LogP contribution in [0.3, 0.4) is 0 Å². The normalized spacial score (nSPS) is 14.6. The van der Waals surface area contributed by atoms with E-state index in [0.717, 1.165) is 5.56 Å². The fourth-order valence-corrected chi connectivity index (χ4v) is 3.62. The van der Waals surface area contributed by atoms with Crippen LogP contribution in [0.25, 0.3) is 0 Å². The van der Waals surface area contributed by atoms with Gasteiger partial charge in [-0.25, -0.2) is 9.59 Å². The number of carbonyl (C=O) groups excluding carboxylic acids is 4. The first kappa shape index (κ1) is 22.0. The molecule has 33 heavy (non-hydrogen) atoms. The number of Topliss-reactive ketones (excluding diaryl/α,β-unsaturated/α-hetero) is 1. The molecule has 1 unspecified atom stereocenters. The maximum Gasteiger partial charge on any atom is 0.339 e. The molecule has 1 atom stereocenters. The SMILES string of the molecule is CC(=O)Nc1ccc(C(=O)COC(=O)c2ccc3c(c2)CC(c2ccccc2)OC3=O)cc1. The van der Waals surface area contributed by atoms with Crippen LogP contribution < -0.4 is 5.32 Å². The van der Waals surface area contributed by atoms with Crippen LogP contribution in [0.4, 0.5) is 5.69 Å². The molecule has 166 valence electrons. The van der Waals surface area contributed by atoms with Crippen LogP contribution in [0.15, 0.2) is 72.8 Å². The van der Waals surface area contributed by atoms with E-state index < -0.39 is 24.6 Å². The Kier molecular flexibility index (Phi) is 6.31. The molecule has 7 heteroatoms. The third-order valence-corrected chi connectivity index (χ3v) is 5.25. The molecule has 0 aliphatic carbocycles. The number of benzene rings is 3. The molecule has 1 aliphatic rings. The summed E-state index contributed by atoms with van der Waals surface area (Å²) < 4.78 is 10.7. The Morgan fingerprint density at radius 1 is 0.970 bits per heavy atom. The van der Waals surface area contributed by atoms with Gasteiger partial charge in [0.05, 0.1) is 11.1 Å². The van der Waals surface area contributed by atoms with E-state index in [1.807, 2.05) is 30.3 Å². The molecule has 0 saturated carbocycles. The molecule has 1 N–H and O–H groups in total. The molecule has 1 heterocycles. The largest absolute Gasteiger partial charge is 0.454 e. The molecule has 0 saturated heterocycles. The maximum atomic E-state index is 12.5. The van der Waals surface area contributed by atoms with Gasteiger partial charge in [-0.2, -0.15) is 0 Å². The van der Waals surface area contributed by atoms with Crippen molar-refractivity contribution in [2.24, 2.45) is 0 Å². The second-order valence-electron chi connectivity index (χ2n) is 7.64. The predicted molar refractivity (Wildman–Crippen MR) is 120 cm³/mol. The molecule has 3 aromatic carbocycles. The number of nitrogens with one attached hydrogen (secondary N) is 1. The number of ketones is 1. The number of hydrogen-bond donors (Lipinski definition) is 1. The summed E-state index contributed by atoms with van der Waals surface area (Å²) in [6, 6.07) is 20.3. The number of fused-ring (bicyclic) bond motifs is 1. The van der Waals surface area contributed by atoms with E-state index >= 15 is 0 Å². The molecule has 0 fully saturated rings. The van der Waals surface area contributed by atoms with Crippen LogP contribution in [-0.2, 0) is 20.7 Å². The van der Waals surface area contributed by atoms with Crippen molar-refractivity contribution in [1.29, 1.82) is 0 Å². The molecule has 1 aliphatic heterocycles. The minimum absolute atomic E-state index is 0.212. The zero-order chi connectivity index (χ0) is 23.4. The van der Waals surface area contributed by atoms with Crippen molar-refractivity contribution in [1.82, 2.24) is 0 Å². The van der Waals surface area contributed by atoms with E-state index in [0.29, 0.717) is 28.8 Å². The van der Waals surface area contributed by atoms with Crippen molar-refractivity contribution in [3.8, 4) is 0 Å². The Labute approximate surface area is 190 Å². The molecule has 0 aromatic heterocycles. The number of rotatable bonds is 6. The number of hydrogen-bond acceptors (Lipinski definition) is 6. The summed E-state index contributed by atoms with van der Waals surface area (Å²) in [5, 5.41) is 2.62. The average molecular weight is 443 g/mol. The number of carbonyl (C=O) groups is 4. The molecule has 1 amide bonds. The summed E-state index contributed by atoms with van der Waals surface area (Å²) >= 11 is 0. The standard InChI is InChI=1S/C26H21NO6/c1-16(28)27-21-10-7-17(8-11-21)23(29)15-32-25(30)19-9-12-22-20(13-19)14-24(33-26(22)31)18-5-3-2-4-6-18/h2-13,24H,14-15H2,1H3,(H,27,28). The van der Waals surface area contributed by atoms with Crippen molar-refractivity contribution in [2.45, 2.75) is 19.4 Å². The van der Waals surface area contributed by atoms with Gasteiger partial charge in [-0.3, -0.25) is 9.59 Å². The fourth-order valence-electron chi connectivity index (χ4n) is 3.62. The highest BCUT2D eigenvalue weighted by atomic mass is 16.5. The lowest BCUT2D eigenvalue weighted by Gasteiger charge is -2.25. The zero-order valence-corrected chi connectivity index (χ0v) is 17.9. The van der Waals surface area contributed by atoms with Gasteiger partial charge in [-0.15, -0.1) is 0 Å². The van der Waals surface area contributed by atoms with E-state index in [-0.39, 0.29) is 17.3 Å². The Bertz CT molecular complexity index is 1220. The Morgan fingerprint density at radius 2 is 1.67 bits per heavy atom. The van der Waals surface area contributed by atoms with Gasteiger partial charge < -0.3 is 14.8 Å². The fraction of sp³-hybridized carbons (Fsp3) is 0.154. The Balaban J connectivity index is 1.41. The minimum Gasteiger partial charge on any atom is -0.454 e. The quantitative estimate of drug-likeness (QED) is 0.454. The topological polar surface area (TPSA) is 98.8 Å².